The number of carbonyl (C=O) groups is 1. The van der Waals surface area contributed by atoms with E-state index in [0.717, 1.165) is 27.7 Å². The van der Waals surface area contributed by atoms with E-state index in [1.807, 2.05) is 77.3 Å². The summed E-state index contributed by atoms with van der Waals surface area (Å²) in [4.78, 5) is 12.9. The average Bonchev–Trinajstić information content (AvgIpc) is 3.00. The molecule has 0 aliphatic rings. The highest BCUT2D eigenvalue weighted by Crippen LogP contribution is 2.28. The summed E-state index contributed by atoms with van der Waals surface area (Å²) in [7, 11) is 1.64. The van der Waals surface area contributed by atoms with Gasteiger partial charge in [0.1, 0.15) is 5.75 Å². The molecular formula is C21H18N2O2. The summed E-state index contributed by atoms with van der Waals surface area (Å²) in [6.45, 7) is 0.501. The van der Waals surface area contributed by atoms with Crippen LogP contribution in [0.3, 0.4) is 0 Å². The third-order valence-electron chi connectivity index (χ3n) is 4.37. The fourth-order valence-electron chi connectivity index (χ4n) is 3.14. The predicted octanol–water partition coefficient (Wildman–Crippen LogP) is 4.03. The lowest BCUT2D eigenvalue weighted by atomic mass is 10.1. The van der Waals surface area contributed by atoms with E-state index in [1.54, 1.807) is 7.11 Å². The summed E-state index contributed by atoms with van der Waals surface area (Å²) in [6, 6.07) is 21.6. The van der Waals surface area contributed by atoms with Gasteiger partial charge < -0.3 is 14.5 Å². The van der Waals surface area contributed by atoms with Crippen molar-refractivity contribution in [2.24, 2.45) is 0 Å². The monoisotopic (exact) mass is 330 g/mol. The molecule has 4 heteroatoms. The molecule has 1 amide bonds. The van der Waals surface area contributed by atoms with E-state index in [9.17, 15) is 4.79 Å². The van der Waals surface area contributed by atoms with Gasteiger partial charge in [-0.25, -0.2) is 0 Å². The first-order chi connectivity index (χ1) is 12.3. The summed E-state index contributed by atoms with van der Waals surface area (Å²) in [5, 5.41) is 3.96. The number of hydrogen-bond donors (Lipinski definition) is 1. The average molecular weight is 330 g/mol. The highest BCUT2D eigenvalue weighted by molar-refractivity contribution is 6.13. The predicted molar refractivity (Wildman–Crippen MR) is 99.1 cm³/mol. The second-order valence-corrected chi connectivity index (χ2v) is 5.88. The van der Waals surface area contributed by atoms with Gasteiger partial charge in [-0.05, 0) is 23.8 Å². The van der Waals surface area contributed by atoms with Crippen molar-refractivity contribution in [3.8, 4) is 5.75 Å². The maximum Gasteiger partial charge on any atom is 0.254 e. The molecule has 0 aliphatic carbocycles. The standard InChI is InChI=1S/C21H18N2O2/c1-25-16-11-12-19-20(17-9-5-6-10-18(17)23(19)14-16)21(24)22-13-15-7-3-2-4-8-15/h2-12,14H,13H2,1H3,(H,22,24). The Morgan fingerprint density at radius 3 is 2.52 bits per heavy atom. The van der Waals surface area contributed by atoms with E-state index in [1.165, 1.54) is 0 Å². The number of rotatable bonds is 4. The minimum absolute atomic E-state index is 0.0762. The van der Waals surface area contributed by atoms with Crippen LogP contribution in [0.1, 0.15) is 15.9 Å². The molecule has 2 aromatic heterocycles. The number of nitrogens with zero attached hydrogens (tertiary/aromatic N) is 1. The van der Waals surface area contributed by atoms with E-state index in [0.29, 0.717) is 12.1 Å². The second kappa shape index (κ2) is 6.32. The molecule has 0 saturated carbocycles. The van der Waals surface area contributed by atoms with Crippen molar-refractivity contribution in [1.29, 1.82) is 0 Å². The third kappa shape index (κ3) is 2.72. The van der Waals surface area contributed by atoms with E-state index < -0.39 is 0 Å². The fourth-order valence-corrected chi connectivity index (χ4v) is 3.14. The summed E-state index contributed by atoms with van der Waals surface area (Å²) in [6.07, 6.45) is 1.91. The Kier molecular flexibility index (Phi) is 3.86. The number of amides is 1. The van der Waals surface area contributed by atoms with Crippen LogP contribution in [0.5, 0.6) is 5.75 Å². The molecule has 4 nitrogen and oxygen atoms in total. The summed E-state index contributed by atoms with van der Waals surface area (Å²) in [5.74, 6) is 0.678. The number of ether oxygens (including phenoxy) is 1. The minimum Gasteiger partial charge on any atom is -0.495 e. The second-order valence-electron chi connectivity index (χ2n) is 5.88. The highest BCUT2D eigenvalue weighted by Gasteiger charge is 2.18. The molecule has 0 bridgehead atoms. The lowest BCUT2D eigenvalue weighted by Crippen LogP contribution is -2.22. The number of para-hydroxylation sites is 1. The van der Waals surface area contributed by atoms with E-state index in [2.05, 4.69) is 5.32 Å². The van der Waals surface area contributed by atoms with Crippen LogP contribution >= 0.6 is 0 Å². The van der Waals surface area contributed by atoms with Crippen molar-refractivity contribution in [2.75, 3.05) is 7.11 Å². The molecule has 0 aliphatic heterocycles. The van der Waals surface area contributed by atoms with Gasteiger partial charge in [-0.2, -0.15) is 0 Å². The van der Waals surface area contributed by atoms with Crippen molar-refractivity contribution in [1.82, 2.24) is 9.72 Å². The SMILES string of the molecule is COc1ccc2c(C(=O)NCc3ccccc3)c3ccccc3n2c1. The lowest BCUT2D eigenvalue weighted by molar-refractivity contribution is 0.0954. The van der Waals surface area contributed by atoms with Crippen LogP contribution in [-0.2, 0) is 6.54 Å². The zero-order valence-electron chi connectivity index (χ0n) is 13.9. The Morgan fingerprint density at radius 2 is 1.72 bits per heavy atom. The van der Waals surface area contributed by atoms with Gasteiger partial charge in [-0.3, -0.25) is 4.79 Å². The first-order valence-electron chi connectivity index (χ1n) is 8.17. The van der Waals surface area contributed by atoms with Crippen LogP contribution in [0.25, 0.3) is 16.4 Å². The molecule has 0 atom stereocenters. The molecule has 1 N–H and O–H groups in total. The fraction of sp³-hybridized carbons (Fsp3) is 0.0952. The maximum atomic E-state index is 12.9. The molecule has 4 aromatic rings. The van der Waals surface area contributed by atoms with E-state index in [4.69, 9.17) is 4.74 Å². The molecule has 0 unspecified atom stereocenters. The van der Waals surface area contributed by atoms with Crippen molar-refractivity contribution in [2.45, 2.75) is 6.54 Å². The number of methoxy groups -OCH3 is 1. The quantitative estimate of drug-likeness (QED) is 0.614. The van der Waals surface area contributed by atoms with Crippen LogP contribution in [0.15, 0.2) is 72.9 Å². The number of benzene rings is 2. The summed E-state index contributed by atoms with van der Waals surface area (Å²) in [5.41, 5.74) is 3.62. The van der Waals surface area contributed by atoms with Crippen LogP contribution in [0.2, 0.25) is 0 Å². The van der Waals surface area contributed by atoms with E-state index >= 15 is 0 Å². The topological polar surface area (TPSA) is 42.7 Å². The lowest BCUT2D eigenvalue weighted by Gasteiger charge is -2.06. The van der Waals surface area contributed by atoms with Crippen molar-refractivity contribution < 1.29 is 9.53 Å². The third-order valence-corrected chi connectivity index (χ3v) is 4.37. The number of nitrogens with one attached hydrogen (secondary N) is 1. The van der Waals surface area contributed by atoms with Crippen molar-refractivity contribution in [3.63, 3.8) is 0 Å². The maximum absolute atomic E-state index is 12.9. The van der Waals surface area contributed by atoms with Gasteiger partial charge in [-0.15, -0.1) is 0 Å². The first kappa shape index (κ1) is 15.3. The van der Waals surface area contributed by atoms with Gasteiger partial charge in [0.15, 0.2) is 0 Å². The van der Waals surface area contributed by atoms with Crippen LogP contribution in [0, 0.1) is 0 Å². The highest BCUT2D eigenvalue weighted by atomic mass is 16.5. The summed E-state index contributed by atoms with van der Waals surface area (Å²) >= 11 is 0. The van der Waals surface area contributed by atoms with Crippen molar-refractivity contribution >= 4 is 22.3 Å². The minimum atomic E-state index is -0.0762. The summed E-state index contributed by atoms with van der Waals surface area (Å²) < 4.78 is 7.33. The normalized spacial score (nSPS) is 10.9. The molecule has 0 fully saturated rings. The van der Waals surface area contributed by atoms with Gasteiger partial charge in [0, 0.05) is 11.9 Å². The molecule has 4 rings (SSSR count). The molecule has 25 heavy (non-hydrogen) atoms. The number of carbonyl (C=O) groups excluding carboxylic acids is 1. The Balaban J connectivity index is 1.78. The molecule has 2 heterocycles. The molecule has 0 saturated heterocycles. The van der Waals surface area contributed by atoms with Gasteiger partial charge in [0.05, 0.1) is 29.9 Å². The van der Waals surface area contributed by atoms with E-state index in [-0.39, 0.29) is 5.91 Å². The van der Waals surface area contributed by atoms with Gasteiger partial charge in [-0.1, -0.05) is 48.5 Å². The number of aromatic nitrogens is 1. The molecule has 124 valence electrons. The Bertz CT molecular complexity index is 1050. The molecular weight excluding hydrogens is 312 g/mol. The number of hydrogen-bond acceptors (Lipinski definition) is 2. The van der Waals surface area contributed by atoms with Crippen LogP contribution in [-0.4, -0.2) is 17.4 Å². The van der Waals surface area contributed by atoms with Crippen molar-refractivity contribution in [3.05, 3.63) is 84.1 Å². The van der Waals surface area contributed by atoms with Gasteiger partial charge in [0.25, 0.3) is 5.91 Å². The van der Waals surface area contributed by atoms with Gasteiger partial charge in [0.2, 0.25) is 0 Å². The number of fused-ring (bicyclic) bond motifs is 3. The first-order valence-corrected chi connectivity index (χ1v) is 8.17. The molecule has 0 spiro atoms. The number of pyridine rings is 1. The van der Waals surface area contributed by atoms with Gasteiger partial charge >= 0.3 is 0 Å². The Morgan fingerprint density at radius 1 is 0.960 bits per heavy atom. The molecule has 0 radical (unpaired) electrons. The smallest absolute Gasteiger partial charge is 0.254 e. The zero-order chi connectivity index (χ0) is 17.2. The van der Waals surface area contributed by atoms with Crippen LogP contribution < -0.4 is 10.1 Å². The largest absolute Gasteiger partial charge is 0.495 e. The zero-order valence-corrected chi connectivity index (χ0v) is 13.9. The Labute approximate surface area is 145 Å². The van der Waals surface area contributed by atoms with Crippen LogP contribution in [0.4, 0.5) is 0 Å². The Hall–Kier alpha value is -3.27. The molecule has 2 aromatic carbocycles.